The highest BCUT2D eigenvalue weighted by molar-refractivity contribution is 8.14. The van der Waals surface area contributed by atoms with Crippen molar-refractivity contribution in [1.82, 2.24) is 10.3 Å². The SMILES string of the molecule is C=CCSC1=NN2C(=c3ccccc3=N[C@H]2c2ccc(-c3cccc([N+](=O)[O-])c3)o2)C(=O)N1. The number of hydrazone groups is 1. The Morgan fingerprint density at radius 1 is 1.21 bits per heavy atom. The monoisotopic (exact) mass is 459 g/mol. The lowest BCUT2D eigenvalue weighted by atomic mass is 10.1. The number of fused-ring (bicyclic) bond motifs is 2. The lowest BCUT2D eigenvalue weighted by molar-refractivity contribution is -0.384. The van der Waals surface area contributed by atoms with Crippen LogP contribution in [-0.4, -0.2) is 26.8 Å². The molecule has 0 unspecified atom stereocenters. The van der Waals surface area contributed by atoms with Gasteiger partial charge in [-0.05, 0) is 18.2 Å². The fourth-order valence-corrected chi connectivity index (χ4v) is 4.22. The third kappa shape index (κ3) is 3.80. The number of nitrogens with one attached hydrogen (secondary N) is 1. The summed E-state index contributed by atoms with van der Waals surface area (Å²) in [6.45, 7) is 3.70. The van der Waals surface area contributed by atoms with Crippen molar-refractivity contribution in [2.75, 3.05) is 5.75 Å². The number of benzene rings is 2. The zero-order valence-electron chi connectivity index (χ0n) is 17.2. The highest BCUT2D eigenvalue weighted by atomic mass is 32.2. The van der Waals surface area contributed by atoms with E-state index in [1.807, 2.05) is 24.3 Å². The van der Waals surface area contributed by atoms with Crippen molar-refractivity contribution < 1.29 is 14.1 Å². The maximum absolute atomic E-state index is 13.0. The first-order valence-electron chi connectivity index (χ1n) is 10.00. The molecule has 1 N–H and O–H groups in total. The fraction of sp³-hybridized carbons (Fsp3) is 0.0870. The van der Waals surface area contributed by atoms with Crippen LogP contribution in [0.15, 0.2) is 87.8 Å². The lowest BCUT2D eigenvalue weighted by Gasteiger charge is -2.32. The van der Waals surface area contributed by atoms with Crippen molar-refractivity contribution in [2.24, 2.45) is 10.1 Å². The van der Waals surface area contributed by atoms with Crippen LogP contribution in [-0.2, 0) is 4.79 Å². The average molecular weight is 459 g/mol. The number of thioether (sulfide) groups is 1. The Morgan fingerprint density at radius 2 is 2.06 bits per heavy atom. The number of hydrogen-bond donors (Lipinski definition) is 1. The van der Waals surface area contributed by atoms with Crippen LogP contribution in [0.1, 0.15) is 11.9 Å². The summed E-state index contributed by atoms with van der Waals surface area (Å²) in [6.07, 6.45) is 1.01. The van der Waals surface area contributed by atoms with Crippen molar-refractivity contribution in [1.29, 1.82) is 0 Å². The van der Waals surface area contributed by atoms with E-state index in [-0.39, 0.29) is 11.6 Å². The molecule has 33 heavy (non-hydrogen) atoms. The summed E-state index contributed by atoms with van der Waals surface area (Å²) in [4.78, 5) is 28.5. The number of carbonyl (C=O) groups is 1. The van der Waals surface area contributed by atoms with Crippen LogP contribution in [0.5, 0.6) is 0 Å². The Kier molecular flexibility index (Phi) is 5.27. The van der Waals surface area contributed by atoms with Gasteiger partial charge in [-0.3, -0.25) is 20.2 Å². The molecular weight excluding hydrogens is 442 g/mol. The molecule has 5 rings (SSSR count). The van der Waals surface area contributed by atoms with E-state index in [4.69, 9.17) is 9.41 Å². The number of non-ortho nitro benzene ring substituents is 1. The van der Waals surface area contributed by atoms with Crippen LogP contribution in [0.25, 0.3) is 17.0 Å². The number of amidine groups is 1. The molecule has 0 bridgehead atoms. The van der Waals surface area contributed by atoms with Gasteiger partial charge >= 0.3 is 0 Å². The lowest BCUT2D eigenvalue weighted by Crippen LogP contribution is -2.50. The molecule has 2 aromatic carbocycles. The molecule has 1 amide bonds. The van der Waals surface area contributed by atoms with Crippen molar-refractivity contribution in [3.8, 4) is 11.3 Å². The Bertz CT molecular complexity index is 1440. The summed E-state index contributed by atoms with van der Waals surface area (Å²) < 4.78 is 6.06. The maximum atomic E-state index is 13.0. The van der Waals surface area contributed by atoms with Gasteiger partial charge in [-0.1, -0.05) is 48.2 Å². The molecular formula is C23H17N5O4S. The smallest absolute Gasteiger partial charge is 0.276 e. The van der Waals surface area contributed by atoms with Crippen LogP contribution in [0.2, 0.25) is 0 Å². The van der Waals surface area contributed by atoms with Crippen LogP contribution >= 0.6 is 11.8 Å². The Hall–Kier alpha value is -4.18. The standard InChI is InChI=1S/C23H17N5O4S/c1-2-12-33-23-25-22(29)20-16-8-3-4-9-17(16)24-21(27(20)26-23)19-11-10-18(32-19)14-6-5-7-15(13-14)28(30)31/h2-11,13,21H,1,12H2,(H,25,26,29)/t21-/m1/s1. The fourth-order valence-electron chi connectivity index (χ4n) is 3.64. The van der Waals surface area contributed by atoms with Gasteiger partial charge in [0.15, 0.2) is 10.9 Å². The average Bonchev–Trinajstić information content (AvgIpc) is 3.32. The van der Waals surface area contributed by atoms with E-state index in [2.05, 4.69) is 17.0 Å². The van der Waals surface area contributed by atoms with Gasteiger partial charge in [0.05, 0.1) is 10.3 Å². The molecule has 3 aromatic rings. The maximum Gasteiger partial charge on any atom is 0.276 e. The number of rotatable bonds is 5. The van der Waals surface area contributed by atoms with E-state index < -0.39 is 11.1 Å². The van der Waals surface area contributed by atoms with E-state index in [0.717, 1.165) is 0 Å². The largest absolute Gasteiger partial charge is 0.457 e. The first-order valence-corrected chi connectivity index (χ1v) is 11.0. The normalized spacial score (nSPS) is 16.8. The molecule has 2 aliphatic heterocycles. The molecule has 0 saturated carbocycles. The summed E-state index contributed by atoms with van der Waals surface area (Å²) in [5.74, 6) is 1.21. The molecule has 2 aliphatic rings. The Labute approximate surface area is 192 Å². The Balaban J connectivity index is 1.60. The van der Waals surface area contributed by atoms with Gasteiger partial charge in [0, 0.05) is 28.7 Å². The molecule has 3 heterocycles. The van der Waals surface area contributed by atoms with E-state index >= 15 is 0 Å². The van der Waals surface area contributed by atoms with Crippen LogP contribution in [0, 0.1) is 10.1 Å². The van der Waals surface area contributed by atoms with Crippen LogP contribution < -0.4 is 15.9 Å². The minimum Gasteiger partial charge on any atom is -0.457 e. The second-order valence-corrected chi connectivity index (χ2v) is 8.19. The van der Waals surface area contributed by atoms with Gasteiger partial charge in [0.25, 0.3) is 11.6 Å². The molecule has 0 spiro atoms. The number of carbonyl (C=O) groups excluding carboxylic acids is 1. The number of hydrogen-bond acceptors (Lipinski definition) is 8. The summed E-state index contributed by atoms with van der Waals surface area (Å²) >= 11 is 1.35. The van der Waals surface area contributed by atoms with Crippen LogP contribution in [0.4, 0.5) is 5.69 Å². The molecule has 0 fully saturated rings. The summed E-state index contributed by atoms with van der Waals surface area (Å²) in [6, 6.07) is 17.0. The minimum atomic E-state index is -0.715. The topological polar surface area (TPSA) is 113 Å². The highest BCUT2D eigenvalue weighted by Gasteiger charge is 2.35. The predicted molar refractivity (Wildman–Crippen MR) is 124 cm³/mol. The minimum absolute atomic E-state index is 0.0291. The van der Waals surface area contributed by atoms with Gasteiger partial charge in [0.2, 0.25) is 6.17 Å². The summed E-state index contributed by atoms with van der Waals surface area (Å²) in [7, 11) is 0. The third-order valence-corrected chi connectivity index (χ3v) is 5.94. The first-order chi connectivity index (χ1) is 16.0. The van der Waals surface area contributed by atoms with Gasteiger partial charge in [-0.25, -0.2) is 10.0 Å². The van der Waals surface area contributed by atoms with Crippen molar-refractivity contribution in [2.45, 2.75) is 6.17 Å². The number of nitro groups is 1. The van der Waals surface area contributed by atoms with Crippen molar-refractivity contribution in [3.63, 3.8) is 0 Å². The number of nitrogens with zero attached hydrogens (tertiary/aromatic N) is 4. The number of furan rings is 1. The highest BCUT2D eigenvalue weighted by Crippen LogP contribution is 2.34. The molecule has 164 valence electrons. The molecule has 10 heteroatoms. The number of amides is 1. The van der Waals surface area contributed by atoms with Crippen molar-refractivity contribution in [3.05, 3.63) is 99.8 Å². The van der Waals surface area contributed by atoms with Gasteiger partial charge in [0.1, 0.15) is 11.5 Å². The molecule has 1 aromatic heterocycles. The van der Waals surface area contributed by atoms with E-state index in [0.29, 0.717) is 44.3 Å². The quantitative estimate of drug-likeness (QED) is 0.357. The van der Waals surface area contributed by atoms with E-state index in [1.54, 1.807) is 35.4 Å². The van der Waals surface area contributed by atoms with Gasteiger partial charge < -0.3 is 4.42 Å². The number of nitro benzene ring substituents is 1. The Morgan fingerprint density at radius 3 is 2.88 bits per heavy atom. The molecule has 1 atom stereocenters. The van der Waals surface area contributed by atoms with Crippen molar-refractivity contribution >= 4 is 34.2 Å². The third-order valence-electron chi connectivity index (χ3n) is 5.08. The summed E-state index contributed by atoms with van der Waals surface area (Å²) in [5, 5.41) is 21.9. The summed E-state index contributed by atoms with van der Waals surface area (Å²) in [5.41, 5.74) is 0.915. The second kappa shape index (κ2) is 8.40. The number of para-hydroxylation sites is 1. The second-order valence-electron chi connectivity index (χ2n) is 7.18. The van der Waals surface area contributed by atoms with Gasteiger partial charge in [-0.2, -0.15) is 0 Å². The zero-order valence-corrected chi connectivity index (χ0v) is 18.0. The van der Waals surface area contributed by atoms with E-state index in [1.165, 1.54) is 23.9 Å². The van der Waals surface area contributed by atoms with Gasteiger partial charge in [-0.15, -0.1) is 11.7 Å². The van der Waals surface area contributed by atoms with E-state index in [9.17, 15) is 14.9 Å². The molecule has 0 aliphatic carbocycles. The predicted octanol–water partition coefficient (Wildman–Crippen LogP) is 2.92. The zero-order chi connectivity index (χ0) is 22.9. The molecule has 9 nitrogen and oxygen atoms in total. The molecule has 0 saturated heterocycles. The molecule has 0 radical (unpaired) electrons. The first kappa shape index (κ1) is 20.7. The van der Waals surface area contributed by atoms with Crippen LogP contribution in [0.3, 0.4) is 0 Å².